The van der Waals surface area contributed by atoms with Gasteiger partial charge in [0, 0.05) is 35.2 Å². The minimum Gasteiger partial charge on any atom is -0.459 e. The number of fused-ring (bicyclic) bond motifs is 4. The summed E-state index contributed by atoms with van der Waals surface area (Å²) in [5.41, 5.74) is 2.15. The first-order valence-electron chi connectivity index (χ1n) is 23.7. The first-order valence-corrected chi connectivity index (χ1v) is 26.0. The molecule has 0 bridgehead atoms. The summed E-state index contributed by atoms with van der Waals surface area (Å²) in [7, 11) is -4.00. The van der Waals surface area contributed by atoms with E-state index < -0.39 is 68.2 Å². The quantitative estimate of drug-likeness (QED) is 0.178. The maximum atomic E-state index is 14.9. The molecule has 8 atom stereocenters. The lowest BCUT2D eigenvalue weighted by Crippen LogP contribution is -2.58. The van der Waals surface area contributed by atoms with Gasteiger partial charge in [0.2, 0.25) is 21.8 Å². The fourth-order valence-electron chi connectivity index (χ4n) is 10.8. The topological polar surface area (TPSA) is 191 Å². The number of carbonyl (C=O) groups is 4. The summed E-state index contributed by atoms with van der Waals surface area (Å²) in [5, 5.41) is 8.92. The normalized spacial score (nSPS) is 31.9. The van der Waals surface area contributed by atoms with Crippen LogP contribution in [0.5, 0.6) is 6.01 Å². The number of sulfonamides is 1. The Morgan fingerprint density at radius 2 is 1.73 bits per heavy atom. The highest BCUT2D eigenvalue weighted by Gasteiger charge is 2.63. The molecule has 6 fully saturated rings. The van der Waals surface area contributed by atoms with Gasteiger partial charge in [-0.1, -0.05) is 43.9 Å². The second-order valence-electron chi connectivity index (χ2n) is 20.2. The number of rotatable bonds is 10. The summed E-state index contributed by atoms with van der Waals surface area (Å²) in [6, 6.07) is 4.27. The number of imidazole rings is 1. The number of ether oxygens (including phenoxy) is 2. The van der Waals surface area contributed by atoms with Crippen LogP contribution in [0.25, 0.3) is 21.6 Å². The Balaban J connectivity index is 0.950. The van der Waals surface area contributed by atoms with Gasteiger partial charge in [-0.15, -0.1) is 11.3 Å². The lowest BCUT2D eigenvalue weighted by atomic mass is 10.0. The molecule has 0 radical (unpaired) electrons. The molecule has 344 valence electrons. The fraction of sp³-hybridized carbons (Fsp3) is 0.660. The van der Waals surface area contributed by atoms with E-state index in [0.717, 1.165) is 65.8 Å². The van der Waals surface area contributed by atoms with Crippen molar-refractivity contribution in [2.24, 2.45) is 17.8 Å². The molecular weight excluding hydrogens is 855 g/mol. The Morgan fingerprint density at radius 3 is 2.48 bits per heavy atom. The van der Waals surface area contributed by atoms with Crippen molar-refractivity contribution in [2.45, 2.75) is 170 Å². The SMILES string of the molecule is CC(C)n1c(O[C@@H]2C[C@H]3C(=O)N[C@]4(C(=O)NS(=O)(=O)C5(C)CC5)C[C@H]4/C=C\CCCCC[C@H](NC(=O)O[C@@H]4C[C@@H]5C[C@@H]5C4)C(=O)N3C2)nc2c(-c3nc(C4CCCC4)cs3)cccc21. The molecule has 17 heteroatoms. The first-order chi connectivity index (χ1) is 30.7. The minimum absolute atomic E-state index is 0.0107. The highest BCUT2D eigenvalue weighted by atomic mass is 32.2. The number of allylic oxidation sites excluding steroid dienone is 1. The third-order valence-electron chi connectivity index (χ3n) is 15.2. The number of thiazole rings is 1. The predicted octanol–water partition coefficient (Wildman–Crippen LogP) is 7.03. The Hall–Kier alpha value is -4.51. The third kappa shape index (κ3) is 8.32. The Labute approximate surface area is 378 Å². The van der Waals surface area contributed by atoms with Crippen molar-refractivity contribution in [1.82, 2.24) is 34.8 Å². The molecule has 7 aliphatic rings. The number of benzene rings is 1. The number of hydrogen-bond donors (Lipinski definition) is 3. The molecule has 10 rings (SSSR count). The molecule has 5 saturated carbocycles. The first kappa shape index (κ1) is 43.4. The maximum absolute atomic E-state index is 14.9. The van der Waals surface area contributed by atoms with E-state index in [1.807, 2.05) is 34.9 Å². The van der Waals surface area contributed by atoms with E-state index in [4.69, 9.17) is 19.4 Å². The van der Waals surface area contributed by atoms with Crippen LogP contribution in [-0.2, 0) is 29.1 Å². The van der Waals surface area contributed by atoms with E-state index in [2.05, 4.69) is 34.6 Å². The molecule has 3 aromatic rings. The molecule has 5 aliphatic carbocycles. The summed E-state index contributed by atoms with van der Waals surface area (Å²) in [6.07, 6.45) is 14.4. The van der Waals surface area contributed by atoms with Crippen LogP contribution in [0.3, 0.4) is 0 Å². The number of aromatic nitrogens is 3. The van der Waals surface area contributed by atoms with Gasteiger partial charge < -0.3 is 25.0 Å². The van der Waals surface area contributed by atoms with Gasteiger partial charge in [0.05, 0.1) is 22.5 Å². The number of nitrogens with zero attached hydrogens (tertiary/aromatic N) is 4. The Morgan fingerprint density at radius 1 is 0.969 bits per heavy atom. The molecule has 0 unspecified atom stereocenters. The molecule has 0 spiro atoms. The minimum atomic E-state index is -4.00. The zero-order valence-electron chi connectivity index (χ0n) is 37.1. The third-order valence-corrected chi connectivity index (χ3v) is 18.3. The van der Waals surface area contributed by atoms with Crippen LogP contribution in [0.2, 0.25) is 0 Å². The molecule has 1 aromatic carbocycles. The second-order valence-corrected chi connectivity index (χ2v) is 23.3. The van der Waals surface area contributed by atoms with Crippen LogP contribution in [0.15, 0.2) is 35.7 Å². The summed E-state index contributed by atoms with van der Waals surface area (Å²) >= 11 is 1.62. The zero-order valence-corrected chi connectivity index (χ0v) is 38.7. The number of amides is 4. The molecule has 4 heterocycles. The van der Waals surface area contributed by atoms with E-state index >= 15 is 0 Å². The monoisotopic (exact) mass is 915 g/mol. The van der Waals surface area contributed by atoms with Crippen molar-refractivity contribution in [3.63, 3.8) is 0 Å². The summed E-state index contributed by atoms with van der Waals surface area (Å²) < 4.78 is 42.6. The van der Waals surface area contributed by atoms with Gasteiger partial charge in [-0.25, -0.2) is 18.2 Å². The highest BCUT2D eigenvalue weighted by molar-refractivity contribution is 7.91. The van der Waals surface area contributed by atoms with Crippen LogP contribution in [0, 0.1) is 17.8 Å². The summed E-state index contributed by atoms with van der Waals surface area (Å²) in [4.78, 5) is 68.8. The number of para-hydroxylation sites is 1. The lowest BCUT2D eigenvalue weighted by Gasteiger charge is -2.30. The van der Waals surface area contributed by atoms with E-state index in [9.17, 15) is 27.6 Å². The van der Waals surface area contributed by atoms with E-state index in [1.54, 1.807) is 18.3 Å². The average Bonchev–Trinajstić information content (AvgIpc) is 3.97. The Kier molecular flexibility index (Phi) is 11.3. The molecule has 2 aliphatic heterocycles. The van der Waals surface area contributed by atoms with Gasteiger partial charge in [0.1, 0.15) is 40.4 Å². The number of alkyl carbamates (subject to hydrolysis) is 1. The van der Waals surface area contributed by atoms with Gasteiger partial charge in [-0.05, 0) is 115 Å². The van der Waals surface area contributed by atoms with Gasteiger partial charge >= 0.3 is 6.09 Å². The van der Waals surface area contributed by atoms with E-state index in [0.29, 0.717) is 55.9 Å². The van der Waals surface area contributed by atoms with Crippen molar-refractivity contribution in [3.8, 4) is 16.6 Å². The molecule has 3 N–H and O–H groups in total. The molecule has 15 nitrogen and oxygen atoms in total. The smallest absolute Gasteiger partial charge is 0.408 e. The largest absolute Gasteiger partial charge is 0.459 e. The molecule has 2 aromatic heterocycles. The van der Waals surface area contributed by atoms with Crippen molar-refractivity contribution in [2.75, 3.05) is 6.54 Å². The molecule has 1 saturated heterocycles. The van der Waals surface area contributed by atoms with Gasteiger partial charge in [0.25, 0.3) is 11.9 Å². The van der Waals surface area contributed by atoms with Crippen molar-refractivity contribution >= 4 is 56.2 Å². The second kappa shape index (κ2) is 16.7. The Bertz CT molecular complexity index is 2460. The maximum Gasteiger partial charge on any atom is 0.408 e. The summed E-state index contributed by atoms with van der Waals surface area (Å²) in [6.45, 7) is 5.72. The molecular formula is C47H61N7O8S2. The van der Waals surface area contributed by atoms with Crippen LogP contribution in [0.4, 0.5) is 4.79 Å². The van der Waals surface area contributed by atoms with Crippen LogP contribution in [0.1, 0.15) is 141 Å². The van der Waals surface area contributed by atoms with Crippen LogP contribution in [-0.4, -0.2) is 92.8 Å². The van der Waals surface area contributed by atoms with Crippen molar-refractivity contribution < 1.29 is 37.1 Å². The van der Waals surface area contributed by atoms with Gasteiger partial charge in [0.15, 0.2) is 0 Å². The zero-order chi connectivity index (χ0) is 44.5. The number of carbonyl (C=O) groups excluding carboxylic acids is 4. The predicted molar refractivity (Wildman–Crippen MR) is 241 cm³/mol. The van der Waals surface area contributed by atoms with E-state index in [-0.39, 0.29) is 31.5 Å². The van der Waals surface area contributed by atoms with Crippen LogP contribution < -0.4 is 20.1 Å². The van der Waals surface area contributed by atoms with Crippen LogP contribution >= 0.6 is 11.3 Å². The van der Waals surface area contributed by atoms with E-state index in [1.165, 1.54) is 24.2 Å². The average molecular weight is 916 g/mol. The van der Waals surface area contributed by atoms with Gasteiger partial charge in [-0.3, -0.25) is 23.7 Å². The van der Waals surface area contributed by atoms with Crippen molar-refractivity contribution in [3.05, 3.63) is 41.4 Å². The van der Waals surface area contributed by atoms with Crippen molar-refractivity contribution in [1.29, 1.82) is 0 Å². The molecule has 64 heavy (non-hydrogen) atoms. The highest BCUT2D eigenvalue weighted by Crippen LogP contribution is 2.53. The lowest BCUT2D eigenvalue weighted by molar-refractivity contribution is -0.141. The summed E-state index contributed by atoms with van der Waals surface area (Å²) in [5.74, 6) is -0.544. The standard InChI is InChI=1S/C47H61N7O8S2/c1-27(2)54-37-17-11-15-34(41-48-36(26-63-41)28-12-9-10-13-28)39(37)50-44(54)61-33-23-38-40(55)51-47(43(57)52-64(59,60)46(3)18-19-46)24-31(47)14-7-5-4-6-8-16-35(42(56)53(38)25-33)49-45(58)62-32-21-29-20-30(29)22-32/h7,11,14-15,17,26-33,35,38H,4-6,8-10,12-13,16,18-25H2,1-3H3,(H,49,58)(H,51,55)(H,52,57)/b14-7-/t29-,30+,31-,32+,33-,35+,38+,47-/m1/s1. The number of hydrogen-bond acceptors (Lipinski definition) is 11. The molecule has 4 amide bonds. The van der Waals surface area contributed by atoms with Gasteiger partial charge in [-0.2, -0.15) is 4.98 Å². The fourth-order valence-corrected chi connectivity index (χ4v) is 13.1. The number of nitrogens with one attached hydrogen (secondary N) is 3.